The molecular weight excluding hydrogens is 236 g/mol. The molecule has 0 atom stereocenters. The highest BCUT2D eigenvalue weighted by molar-refractivity contribution is 4.84. The van der Waals surface area contributed by atoms with Gasteiger partial charge in [0.15, 0.2) is 0 Å². The quantitative estimate of drug-likeness (QED) is 0.725. The van der Waals surface area contributed by atoms with Crippen LogP contribution in [0.1, 0.15) is 51.9 Å². The van der Waals surface area contributed by atoms with E-state index >= 15 is 0 Å². The number of aliphatic hydroxyl groups is 1. The summed E-state index contributed by atoms with van der Waals surface area (Å²) in [5.41, 5.74) is 0.189. The smallest absolute Gasteiger partial charge is 0.0499 e. The molecule has 0 bridgehead atoms. The molecule has 1 saturated carbocycles. The number of aliphatic hydroxyl groups excluding tert-OH is 1. The van der Waals surface area contributed by atoms with Crippen LogP contribution in [0.15, 0.2) is 0 Å². The van der Waals surface area contributed by atoms with Crippen molar-refractivity contribution >= 4 is 0 Å². The molecule has 3 nitrogen and oxygen atoms in total. The molecule has 112 valence electrons. The zero-order chi connectivity index (χ0) is 13.6. The molecule has 0 spiro atoms. The van der Waals surface area contributed by atoms with Gasteiger partial charge < -0.3 is 15.3 Å². The lowest BCUT2D eigenvalue weighted by Crippen LogP contribution is -2.43. The Morgan fingerprint density at radius 2 is 1.84 bits per heavy atom. The van der Waals surface area contributed by atoms with Crippen LogP contribution < -0.4 is 5.32 Å². The zero-order valence-electron chi connectivity index (χ0n) is 12.7. The van der Waals surface area contributed by atoms with Crippen molar-refractivity contribution in [1.82, 2.24) is 10.2 Å². The van der Waals surface area contributed by atoms with Crippen molar-refractivity contribution in [3.05, 3.63) is 0 Å². The average molecular weight is 268 g/mol. The molecule has 2 N–H and O–H groups in total. The van der Waals surface area contributed by atoms with E-state index in [9.17, 15) is 5.11 Å². The normalized spacial score (nSPS) is 25.6. The van der Waals surface area contributed by atoms with Gasteiger partial charge in [-0.3, -0.25) is 0 Å². The Labute approximate surface area is 118 Å². The van der Waals surface area contributed by atoms with E-state index in [1.165, 1.54) is 64.6 Å². The summed E-state index contributed by atoms with van der Waals surface area (Å²) >= 11 is 0. The van der Waals surface area contributed by atoms with Gasteiger partial charge in [-0.2, -0.15) is 0 Å². The first-order chi connectivity index (χ1) is 9.24. The fraction of sp³-hybridized carbons (Fsp3) is 1.00. The second-order valence-corrected chi connectivity index (χ2v) is 6.92. The molecule has 1 aliphatic carbocycles. The maximum atomic E-state index is 9.67. The van der Waals surface area contributed by atoms with Crippen molar-refractivity contribution < 1.29 is 5.11 Å². The number of nitrogens with one attached hydrogen (secondary N) is 1. The van der Waals surface area contributed by atoms with E-state index in [1.54, 1.807) is 0 Å². The number of hydrogen-bond acceptors (Lipinski definition) is 3. The summed E-state index contributed by atoms with van der Waals surface area (Å²) in [5, 5.41) is 13.3. The second-order valence-electron chi connectivity index (χ2n) is 6.92. The van der Waals surface area contributed by atoms with Crippen molar-refractivity contribution in [2.24, 2.45) is 11.3 Å². The predicted molar refractivity (Wildman–Crippen MR) is 80.3 cm³/mol. The third-order valence-corrected chi connectivity index (χ3v) is 5.23. The maximum Gasteiger partial charge on any atom is 0.0499 e. The molecule has 0 radical (unpaired) electrons. The number of rotatable bonds is 6. The summed E-state index contributed by atoms with van der Waals surface area (Å²) in [6, 6.07) is 0. The highest BCUT2D eigenvalue weighted by atomic mass is 16.3. The van der Waals surface area contributed by atoms with Crippen LogP contribution in [0, 0.1) is 11.3 Å². The van der Waals surface area contributed by atoms with Gasteiger partial charge in [-0.15, -0.1) is 0 Å². The summed E-state index contributed by atoms with van der Waals surface area (Å²) in [4.78, 5) is 2.58. The monoisotopic (exact) mass is 268 g/mol. The van der Waals surface area contributed by atoms with Crippen LogP contribution in [0.5, 0.6) is 0 Å². The molecule has 0 aromatic rings. The molecule has 0 aromatic heterocycles. The molecule has 1 heterocycles. The third-order valence-electron chi connectivity index (χ3n) is 5.23. The lowest BCUT2D eigenvalue weighted by Gasteiger charge is -2.36. The first-order valence-electron chi connectivity index (χ1n) is 8.28. The van der Waals surface area contributed by atoms with Gasteiger partial charge in [0.25, 0.3) is 0 Å². The van der Waals surface area contributed by atoms with Crippen LogP contribution in [-0.4, -0.2) is 49.3 Å². The second kappa shape index (κ2) is 7.61. The van der Waals surface area contributed by atoms with Gasteiger partial charge >= 0.3 is 0 Å². The number of nitrogens with zero attached hydrogens (tertiary/aromatic N) is 1. The summed E-state index contributed by atoms with van der Waals surface area (Å²) in [5.74, 6) is 0.920. The summed E-state index contributed by atoms with van der Waals surface area (Å²) < 4.78 is 0. The molecule has 1 saturated heterocycles. The molecule has 0 unspecified atom stereocenters. The Morgan fingerprint density at radius 3 is 2.47 bits per heavy atom. The van der Waals surface area contributed by atoms with E-state index in [-0.39, 0.29) is 5.41 Å². The van der Waals surface area contributed by atoms with Gasteiger partial charge in [-0.1, -0.05) is 26.2 Å². The summed E-state index contributed by atoms with van der Waals surface area (Å²) in [6.45, 7) is 8.53. The fourth-order valence-electron chi connectivity index (χ4n) is 3.57. The minimum atomic E-state index is 0.189. The highest BCUT2D eigenvalue weighted by Crippen LogP contribution is 2.35. The standard InChI is InChI=1S/C16H32N2O/c1-15-5-10-18(11-6-15)12-9-17-13-16(14-19)7-3-2-4-8-16/h15,17,19H,2-14H2,1H3. The number of likely N-dealkylation sites (tertiary alicyclic amines) is 1. The van der Waals surface area contributed by atoms with Crippen molar-refractivity contribution in [1.29, 1.82) is 0 Å². The van der Waals surface area contributed by atoms with E-state index < -0.39 is 0 Å². The number of piperidine rings is 1. The van der Waals surface area contributed by atoms with Crippen molar-refractivity contribution in [3.8, 4) is 0 Å². The minimum absolute atomic E-state index is 0.189. The number of hydrogen-bond donors (Lipinski definition) is 2. The average Bonchev–Trinajstić information content (AvgIpc) is 2.46. The topological polar surface area (TPSA) is 35.5 Å². The van der Waals surface area contributed by atoms with Crippen LogP contribution in [0.25, 0.3) is 0 Å². The van der Waals surface area contributed by atoms with Crippen LogP contribution in [0.3, 0.4) is 0 Å². The van der Waals surface area contributed by atoms with E-state index in [1.807, 2.05) is 0 Å². The Balaban J connectivity index is 1.60. The van der Waals surface area contributed by atoms with Crippen LogP contribution in [-0.2, 0) is 0 Å². The third kappa shape index (κ3) is 4.73. The van der Waals surface area contributed by atoms with Gasteiger partial charge in [-0.25, -0.2) is 0 Å². The maximum absolute atomic E-state index is 9.67. The molecular formula is C16H32N2O. The van der Waals surface area contributed by atoms with Gasteiger partial charge in [0.05, 0.1) is 0 Å². The highest BCUT2D eigenvalue weighted by Gasteiger charge is 2.30. The van der Waals surface area contributed by atoms with Crippen molar-refractivity contribution in [3.63, 3.8) is 0 Å². The fourth-order valence-corrected chi connectivity index (χ4v) is 3.57. The SMILES string of the molecule is CC1CCN(CCNCC2(CO)CCCCC2)CC1. The van der Waals surface area contributed by atoms with Crippen LogP contribution >= 0.6 is 0 Å². The minimum Gasteiger partial charge on any atom is -0.396 e. The Hall–Kier alpha value is -0.120. The van der Waals surface area contributed by atoms with Gasteiger partial charge in [0.2, 0.25) is 0 Å². The Morgan fingerprint density at radius 1 is 1.16 bits per heavy atom. The molecule has 19 heavy (non-hydrogen) atoms. The zero-order valence-corrected chi connectivity index (χ0v) is 12.7. The van der Waals surface area contributed by atoms with E-state index in [0.29, 0.717) is 6.61 Å². The molecule has 3 heteroatoms. The van der Waals surface area contributed by atoms with E-state index in [0.717, 1.165) is 19.0 Å². The summed E-state index contributed by atoms with van der Waals surface area (Å²) in [7, 11) is 0. The molecule has 1 aliphatic heterocycles. The Bertz CT molecular complexity index is 243. The van der Waals surface area contributed by atoms with Gasteiger partial charge in [0, 0.05) is 31.7 Å². The predicted octanol–water partition coefficient (Wildman–Crippen LogP) is 2.25. The van der Waals surface area contributed by atoms with Crippen molar-refractivity contribution in [2.45, 2.75) is 51.9 Å². The molecule has 2 fully saturated rings. The van der Waals surface area contributed by atoms with Crippen molar-refractivity contribution in [2.75, 3.05) is 39.3 Å². The van der Waals surface area contributed by atoms with Gasteiger partial charge in [0.1, 0.15) is 0 Å². The molecule has 0 amide bonds. The first kappa shape index (κ1) is 15.3. The van der Waals surface area contributed by atoms with Crippen LogP contribution in [0.2, 0.25) is 0 Å². The lowest BCUT2D eigenvalue weighted by molar-refractivity contribution is 0.0801. The molecule has 0 aromatic carbocycles. The first-order valence-corrected chi connectivity index (χ1v) is 8.28. The lowest BCUT2D eigenvalue weighted by atomic mass is 9.74. The van der Waals surface area contributed by atoms with Gasteiger partial charge in [-0.05, 0) is 44.7 Å². The molecule has 2 aliphatic rings. The summed E-state index contributed by atoms with van der Waals surface area (Å²) in [6.07, 6.45) is 9.09. The Kier molecular flexibility index (Phi) is 6.11. The van der Waals surface area contributed by atoms with Crippen LogP contribution in [0.4, 0.5) is 0 Å². The van der Waals surface area contributed by atoms with E-state index in [2.05, 4.69) is 17.1 Å². The largest absolute Gasteiger partial charge is 0.396 e. The van der Waals surface area contributed by atoms with E-state index in [4.69, 9.17) is 0 Å². The molecule has 2 rings (SSSR count).